The molecule has 0 aromatic rings. The van der Waals surface area contributed by atoms with Gasteiger partial charge in [0, 0.05) is 10.8 Å². The first-order valence-electron chi connectivity index (χ1n) is 3.76. The summed E-state index contributed by atoms with van der Waals surface area (Å²) in [4.78, 5) is 0. The van der Waals surface area contributed by atoms with Gasteiger partial charge in [-0.25, -0.2) is 0 Å². The fourth-order valence-electron chi connectivity index (χ4n) is 1.08. The molecule has 1 rings (SSSR count). The van der Waals surface area contributed by atoms with Crippen molar-refractivity contribution in [2.24, 2.45) is 0 Å². The van der Waals surface area contributed by atoms with Crippen molar-refractivity contribution in [1.29, 1.82) is 10.8 Å². The number of aliphatic hydroxyl groups excluding tert-OH is 5. The molecule has 1 fully saturated rings. The van der Waals surface area contributed by atoms with E-state index < -0.39 is 37.3 Å². The highest BCUT2D eigenvalue weighted by molar-refractivity contribution is 4.87. The van der Waals surface area contributed by atoms with Gasteiger partial charge in [0.15, 0.2) is 6.29 Å². The predicted molar refractivity (Wildman–Crippen MR) is 39.4 cm³/mol. The first-order valence-corrected chi connectivity index (χ1v) is 3.76. The molecule has 0 spiro atoms. The minimum absolute atomic E-state index is 0.526. The van der Waals surface area contributed by atoms with Crippen molar-refractivity contribution in [3.8, 4) is 0 Å². The van der Waals surface area contributed by atoms with Crippen LogP contribution in [-0.2, 0) is 4.74 Å². The zero-order valence-corrected chi connectivity index (χ0v) is 7.13. The Hall–Kier alpha value is -0.820. The van der Waals surface area contributed by atoms with Crippen LogP contribution in [0.25, 0.3) is 0 Å². The van der Waals surface area contributed by atoms with E-state index in [1.807, 2.05) is 0 Å². The Morgan fingerprint density at radius 2 is 1.43 bits per heavy atom. The first kappa shape index (κ1) is 13.2. The Bertz CT molecular complexity index is 184. The van der Waals surface area contributed by atoms with Crippen LogP contribution in [0.2, 0.25) is 0 Å². The fraction of sp³-hybridized carbons (Fsp3) is 1.00. The summed E-state index contributed by atoms with van der Waals surface area (Å²) < 4.78 is 4.58. The average molecular weight is 208 g/mol. The maximum atomic E-state index is 9.12. The Morgan fingerprint density at radius 1 is 0.929 bits per heavy atom. The number of aliphatic hydroxyl groups is 5. The lowest BCUT2D eigenvalue weighted by molar-refractivity contribution is -0.286. The minimum Gasteiger partial charge on any atom is -0.394 e. The molecule has 0 amide bonds. The van der Waals surface area contributed by atoms with Crippen molar-refractivity contribution in [1.82, 2.24) is 0 Å². The van der Waals surface area contributed by atoms with Crippen LogP contribution < -0.4 is 0 Å². The normalized spacial score (nSPS) is 42.4. The number of rotatable bonds is 1. The van der Waals surface area contributed by atoms with Crippen LogP contribution in [0.4, 0.5) is 0 Å². The van der Waals surface area contributed by atoms with Crippen LogP contribution in [0.15, 0.2) is 0 Å². The van der Waals surface area contributed by atoms with Gasteiger partial charge in [0.1, 0.15) is 24.4 Å². The van der Waals surface area contributed by atoms with Crippen molar-refractivity contribution in [3.05, 3.63) is 0 Å². The molecule has 0 aromatic heterocycles. The second-order valence-electron chi connectivity index (χ2n) is 2.72. The van der Waals surface area contributed by atoms with Crippen molar-refractivity contribution in [3.63, 3.8) is 0 Å². The van der Waals surface area contributed by atoms with Gasteiger partial charge in [-0.3, -0.25) is 0 Å². The molecule has 82 valence electrons. The summed E-state index contributed by atoms with van der Waals surface area (Å²) in [5.74, 6) is 0. The molecule has 5 N–H and O–H groups in total. The molecule has 1 heterocycles. The van der Waals surface area contributed by atoms with Crippen molar-refractivity contribution in [2.45, 2.75) is 30.7 Å². The van der Waals surface area contributed by atoms with Crippen molar-refractivity contribution >= 4 is 0 Å². The maximum absolute atomic E-state index is 9.12. The highest BCUT2D eigenvalue weighted by atomic mass is 16.6. The largest absolute Gasteiger partial charge is 0.394 e. The minimum atomic E-state index is -1.57. The van der Waals surface area contributed by atoms with Gasteiger partial charge in [-0.05, 0) is 0 Å². The summed E-state index contributed by atoms with van der Waals surface area (Å²) in [6, 6.07) is 0. The fourth-order valence-corrected chi connectivity index (χ4v) is 1.08. The third-order valence-corrected chi connectivity index (χ3v) is 1.87. The van der Waals surface area contributed by atoms with Gasteiger partial charge < -0.3 is 30.3 Å². The van der Waals surface area contributed by atoms with Gasteiger partial charge in [-0.2, -0.15) is 0 Å². The smallest absolute Gasteiger partial charge is 0.184 e. The summed E-state index contributed by atoms with van der Waals surface area (Å²) in [7, 11) is 0. The van der Waals surface area contributed by atoms with Gasteiger partial charge in [0.25, 0.3) is 0 Å². The molecule has 0 aliphatic carbocycles. The van der Waals surface area contributed by atoms with Crippen LogP contribution in [0.1, 0.15) is 0 Å². The number of nitrogens with zero attached hydrogens (tertiary/aromatic N) is 2. The quantitative estimate of drug-likeness (QED) is 0.282. The zero-order valence-electron chi connectivity index (χ0n) is 7.13. The number of hydrogen-bond acceptors (Lipinski definition) is 8. The average Bonchev–Trinajstić information content (AvgIpc) is 2.23. The highest BCUT2D eigenvalue weighted by Crippen LogP contribution is 2.18. The lowest BCUT2D eigenvalue weighted by Gasteiger charge is -2.37. The monoisotopic (exact) mass is 208 g/mol. The lowest BCUT2D eigenvalue weighted by atomic mass is 10.00. The molecule has 8 nitrogen and oxygen atoms in total. The van der Waals surface area contributed by atoms with Gasteiger partial charge in [-0.15, -0.1) is 0 Å². The van der Waals surface area contributed by atoms with Crippen LogP contribution >= 0.6 is 0 Å². The first-order chi connectivity index (χ1) is 6.57. The molecule has 0 aromatic carbocycles. The molecule has 1 saturated heterocycles. The molecule has 0 bridgehead atoms. The Balaban J connectivity index is 0.000000791. The van der Waals surface area contributed by atoms with E-state index in [9.17, 15) is 0 Å². The number of hydrogen-bond donors (Lipinski definition) is 5. The second-order valence-corrected chi connectivity index (χ2v) is 2.72. The highest BCUT2D eigenvalue weighted by Gasteiger charge is 2.42. The van der Waals surface area contributed by atoms with E-state index in [1.165, 1.54) is 0 Å². The summed E-state index contributed by atoms with van der Waals surface area (Å²) in [6.07, 6.45) is -7.04. The molecule has 0 radical (unpaired) electrons. The molecule has 8 heteroatoms. The van der Waals surface area contributed by atoms with Crippen molar-refractivity contribution < 1.29 is 30.3 Å². The van der Waals surface area contributed by atoms with E-state index in [2.05, 4.69) is 4.74 Å². The Kier molecular flexibility index (Phi) is 5.47. The molecule has 14 heavy (non-hydrogen) atoms. The summed E-state index contributed by atoms with van der Waals surface area (Å²) in [6.45, 7) is -0.526. The molecular weight excluding hydrogens is 196 g/mol. The Labute approximate surface area is 79.4 Å². The van der Waals surface area contributed by atoms with Crippen LogP contribution in [0.3, 0.4) is 0 Å². The van der Waals surface area contributed by atoms with Crippen molar-refractivity contribution in [2.75, 3.05) is 6.61 Å². The van der Waals surface area contributed by atoms with E-state index in [1.54, 1.807) is 0 Å². The molecule has 0 saturated carbocycles. The van der Waals surface area contributed by atoms with Crippen LogP contribution in [-0.4, -0.2) is 62.8 Å². The second kappa shape index (κ2) is 5.82. The van der Waals surface area contributed by atoms with Gasteiger partial charge in [0.05, 0.1) is 6.61 Å². The molecule has 1 aliphatic rings. The van der Waals surface area contributed by atoms with Crippen LogP contribution in [0.5, 0.6) is 0 Å². The standard InChI is InChI=1S/C6H12O6.N2/c7-1-2-3(8)4(9)5(10)6(11)12-2;1-2/h2-11H,1H2;/t2-,3+,4+,5-,6+;/m1./s1. The Morgan fingerprint density at radius 3 is 1.86 bits per heavy atom. The SMILES string of the molecule is N#N.OC[C@H]1O[C@H](O)[C@H](O)[C@@H](O)[C@H]1O. The van der Waals surface area contributed by atoms with E-state index in [0.29, 0.717) is 0 Å². The van der Waals surface area contributed by atoms with Crippen LogP contribution in [0, 0.1) is 10.8 Å². The van der Waals surface area contributed by atoms with E-state index in [4.69, 9.17) is 36.3 Å². The van der Waals surface area contributed by atoms with Gasteiger partial charge in [-0.1, -0.05) is 0 Å². The van der Waals surface area contributed by atoms with E-state index in [0.717, 1.165) is 0 Å². The van der Waals surface area contributed by atoms with E-state index >= 15 is 0 Å². The zero-order chi connectivity index (χ0) is 11.3. The third kappa shape index (κ3) is 2.58. The molecule has 5 atom stereocenters. The molecular formula is C6H12N2O6. The topological polar surface area (TPSA) is 158 Å². The lowest BCUT2D eigenvalue weighted by Crippen LogP contribution is -2.58. The van der Waals surface area contributed by atoms with Gasteiger partial charge >= 0.3 is 0 Å². The predicted octanol–water partition coefficient (Wildman–Crippen LogP) is -3.19. The third-order valence-electron chi connectivity index (χ3n) is 1.87. The molecule has 1 aliphatic heterocycles. The van der Waals surface area contributed by atoms with Gasteiger partial charge in [0.2, 0.25) is 0 Å². The molecule has 0 unspecified atom stereocenters. The number of ether oxygens (including phenoxy) is 1. The summed E-state index contributed by atoms with van der Waals surface area (Å²) in [5.41, 5.74) is 0. The summed E-state index contributed by atoms with van der Waals surface area (Å²) >= 11 is 0. The maximum Gasteiger partial charge on any atom is 0.184 e. The van der Waals surface area contributed by atoms with E-state index in [-0.39, 0.29) is 0 Å². The summed E-state index contributed by atoms with van der Waals surface area (Å²) in [5, 5.41) is 56.7.